The number of phenolic OH excluding ortho intramolecular Hbond substituents is 1. The van der Waals surface area contributed by atoms with Gasteiger partial charge in [0.15, 0.2) is 11.5 Å². The molecule has 1 saturated heterocycles. The minimum absolute atomic E-state index is 0.0376. The van der Waals surface area contributed by atoms with E-state index in [2.05, 4.69) is 10.6 Å². The number of pyridine rings is 1. The second-order valence-corrected chi connectivity index (χ2v) is 12.3. The summed E-state index contributed by atoms with van der Waals surface area (Å²) in [6.07, 6.45) is 7.28. The quantitative estimate of drug-likeness (QED) is 0.179. The number of amides is 1. The first-order valence-corrected chi connectivity index (χ1v) is 15.9. The number of aromatic nitrogens is 1. The molecule has 0 unspecified atom stereocenters. The number of aryl methyl sites for hydroxylation is 1. The van der Waals surface area contributed by atoms with E-state index in [4.69, 9.17) is 26.8 Å². The molecule has 3 heterocycles. The van der Waals surface area contributed by atoms with Crippen molar-refractivity contribution in [1.82, 2.24) is 9.88 Å². The monoisotopic (exact) mass is 652 g/mol. The first kappa shape index (κ1) is 32.0. The van der Waals surface area contributed by atoms with Gasteiger partial charge in [-0.15, -0.1) is 0 Å². The minimum atomic E-state index is -0.541. The first-order chi connectivity index (χ1) is 22.7. The largest absolute Gasteiger partial charge is 0.504 e. The number of nitrogens with one attached hydrogen (secondary N) is 2. The van der Waals surface area contributed by atoms with Crippen LogP contribution in [-0.2, 0) is 11.3 Å². The van der Waals surface area contributed by atoms with Crippen LogP contribution in [0.3, 0.4) is 0 Å². The number of allylic oxidation sites excluding steroid dienone is 2. The van der Waals surface area contributed by atoms with Gasteiger partial charge in [-0.25, -0.2) is 0 Å². The molecular formula is C37H37ClN4O5. The van der Waals surface area contributed by atoms with Crippen LogP contribution in [0.5, 0.6) is 11.5 Å². The highest BCUT2D eigenvalue weighted by Crippen LogP contribution is 2.34. The molecule has 6 rings (SSSR count). The van der Waals surface area contributed by atoms with Gasteiger partial charge in [0, 0.05) is 49.8 Å². The molecule has 0 radical (unpaired) electrons. The Morgan fingerprint density at radius 2 is 1.79 bits per heavy atom. The van der Waals surface area contributed by atoms with Crippen LogP contribution in [0.25, 0.3) is 22.3 Å². The Morgan fingerprint density at radius 1 is 1.06 bits per heavy atom. The zero-order valence-corrected chi connectivity index (χ0v) is 27.1. The van der Waals surface area contributed by atoms with E-state index in [1.807, 2.05) is 60.2 Å². The van der Waals surface area contributed by atoms with Crippen molar-refractivity contribution in [3.63, 3.8) is 0 Å². The number of nitrogens with zero attached hydrogens (tertiary/aromatic N) is 1. The molecule has 2 aliphatic rings. The van der Waals surface area contributed by atoms with Crippen molar-refractivity contribution < 1.29 is 19.4 Å². The summed E-state index contributed by atoms with van der Waals surface area (Å²) in [4.78, 5) is 27.4. The van der Waals surface area contributed by atoms with E-state index >= 15 is 0 Å². The van der Waals surface area contributed by atoms with Crippen molar-refractivity contribution in [2.45, 2.75) is 26.3 Å². The highest BCUT2D eigenvalue weighted by Gasteiger charge is 2.21. The number of methoxy groups -OCH3 is 1. The third kappa shape index (κ3) is 7.06. The molecule has 1 aromatic heterocycles. The number of nitrogens with two attached hydrogens (primary N) is 1. The fourth-order valence-electron chi connectivity index (χ4n) is 5.93. The summed E-state index contributed by atoms with van der Waals surface area (Å²) < 4.78 is 12.7. The Hall–Kier alpha value is -4.99. The number of dihydropyridines is 1. The molecule has 47 heavy (non-hydrogen) atoms. The Balaban J connectivity index is 1.28. The molecule has 242 valence electrons. The third-order valence-electron chi connectivity index (χ3n) is 8.65. The molecule has 0 aliphatic carbocycles. The topological polar surface area (TPSA) is 128 Å². The Kier molecular flexibility index (Phi) is 9.38. The summed E-state index contributed by atoms with van der Waals surface area (Å²) >= 11 is 6.72. The Labute approximate surface area is 278 Å². The molecule has 5 N–H and O–H groups in total. The molecule has 0 saturated carbocycles. The lowest BCUT2D eigenvalue weighted by atomic mass is 9.95. The number of rotatable bonds is 8. The lowest BCUT2D eigenvalue weighted by Gasteiger charge is -2.23. The van der Waals surface area contributed by atoms with Gasteiger partial charge in [0.05, 0.1) is 17.8 Å². The lowest BCUT2D eigenvalue weighted by Crippen LogP contribution is -2.27. The van der Waals surface area contributed by atoms with Gasteiger partial charge in [-0.05, 0) is 78.3 Å². The van der Waals surface area contributed by atoms with Gasteiger partial charge in [-0.2, -0.15) is 0 Å². The van der Waals surface area contributed by atoms with Gasteiger partial charge in [0.25, 0.3) is 5.91 Å². The van der Waals surface area contributed by atoms with Gasteiger partial charge in [-0.3, -0.25) is 9.59 Å². The molecule has 2 aliphatic heterocycles. The van der Waals surface area contributed by atoms with Crippen molar-refractivity contribution in [3.8, 4) is 22.6 Å². The molecule has 0 bridgehead atoms. The second kappa shape index (κ2) is 13.8. The maximum absolute atomic E-state index is 13.7. The molecule has 0 spiro atoms. The predicted octanol–water partition coefficient (Wildman–Crippen LogP) is 6.18. The number of phenols is 1. The van der Waals surface area contributed by atoms with Crippen LogP contribution in [0, 0.1) is 12.8 Å². The van der Waals surface area contributed by atoms with Crippen LogP contribution in [0.2, 0.25) is 5.02 Å². The van der Waals surface area contributed by atoms with Crippen LogP contribution < -0.4 is 26.5 Å². The number of hydrogen-bond acceptors (Lipinski definition) is 7. The van der Waals surface area contributed by atoms with Gasteiger partial charge in [0.2, 0.25) is 5.43 Å². The number of benzene rings is 3. The summed E-state index contributed by atoms with van der Waals surface area (Å²) in [5, 5.41) is 16.4. The molecule has 0 atom stereocenters. The Morgan fingerprint density at radius 3 is 2.51 bits per heavy atom. The van der Waals surface area contributed by atoms with Crippen molar-refractivity contribution in [3.05, 3.63) is 122 Å². The summed E-state index contributed by atoms with van der Waals surface area (Å²) in [7, 11) is 1.50. The minimum Gasteiger partial charge on any atom is -0.504 e. The SMILES string of the molecule is COc1cc(C2=CC(c3ccc(NC(=O)c4cn(CC5CCOCC5)cc(-c5ccc(C)cc5)c4=O)c(Cl)c3)=C(N)NC2)ccc1O. The molecule has 1 amide bonds. The fourth-order valence-corrected chi connectivity index (χ4v) is 6.16. The zero-order valence-electron chi connectivity index (χ0n) is 26.3. The number of anilines is 1. The van der Waals surface area contributed by atoms with Crippen molar-refractivity contribution in [1.29, 1.82) is 0 Å². The number of carbonyl (C=O) groups is 1. The van der Waals surface area contributed by atoms with E-state index in [1.165, 1.54) is 7.11 Å². The molecule has 9 nitrogen and oxygen atoms in total. The van der Waals surface area contributed by atoms with E-state index in [0.717, 1.165) is 46.2 Å². The summed E-state index contributed by atoms with van der Waals surface area (Å²) in [6.45, 7) is 4.57. The summed E-state index contributed by atoms with van der Waals surface area (Å²) in [6, 6.07) is 18.1. The summed E-state index contributed by atoms with van der Waals surface area (Å²) in [5.41, 5.74) is 12.0. The van der Waals surface area contributed by atoms with Gasteiger partial charge < -0.3 is 35.5 Å². The van der Waals surface area contributed by atoms with Crippen LogP contribution in [0.4, 0.5) is 5.69 Å². The number of ether oxygens (including phenoxy) is 2. The van der Waals surface area contributed by atoms with E-state index in [-0.39, 0.29) is 16.7 Å². The number of carbonyl (C=O) groups excluding carboxylic acids is 1. The molecule has 10 heteroatoms. The van der Waals surface area contributed by atoms with Gasteiger partial charge in [0.1, 0.15) is 11.4 Å². The van der Waals surface area contributed by atoms with Gasteiger partial charge in [-0.1, -0.05) is 53.6 Å². The predicted molar refractivity (Wildman–Crippen MR) is 186 cm³/mol. The molecule has 3 aromatic carbocycles. The van der Waals surface area contributed by atoms with Crippen LogP contribution >= 0.6 is 11.6 Å². The van der Waals surface area contributed by atoms with Crippen LogP contribution in [0.1, 0.15) is 39.9 Å². The third-order valence-corrected chi connectivity index (χ3v) is 8.97. The maximum Gasteiger partial charge on any atom is 0.261 e. The smallest absolute Gasteiger partial charge is 0.261 e. The van der Waals surface area contributed by atoms with E-state index in [9.17, 15) is 14.7 Å². The zero-order chi connectivity index (χ0) is 33.1. The van der Waals surface area contributed by atoms with E-state index < -0.39 is 5.91 Å². The normalized spacial score (nSPS) is 15.2. The van der Waals surface area contributed by atoms with E-state index in [1.54, 1.807) is 30.5 Å². The van der Waals surface area contributed by atoms with Crippen molar-refractivity contribution in [2.24, 2.45) is 11.7 Å². The van der Waals surface area contributed by atoms with E-state index in [0.29, 0.717) is 60.1 Å². The van der Waals surface area contributed by atoms with Crippen LogP contribution in [-0.4, -0.2) is 42.4 Å². The number of aromatic hydroxyl groups is 1. The van der Waals surface area contributed by atoms with Crippen LogP contribution in [0.15, 0.2) is 89.7 Å². The fraction of sp³-hybridized carbons (Fsp3) is 0.243. The standard InChI is InChI=1S/C37H37ClN4O5/c1-22-3-5-24(6-4-22)29-20-42(19-23-11-13-47-14-12-23)21-30(35(29)44)37(45)41-32-9-7-26(16-31(32)38)28-15-27(18-40-36(28)39)25-8-10-33(43)34(17-25)46-2/h3-10,15-17,20-21,23,40,43H,11-14,18-19,39H2,1-2H3,(H,41,45). The highest BCUT2D eigenvalue weighted by atomic mass is 35.5. The average Bonchev–Trinajstić information content (AvgIpc) is 3.08. The number of hydrogen-bond donors (Lipinski definition) is 4. The van der Waals surface area contributed by atoms with Crippen molar-refractivity contribution >= 4 is 34.3 Å². The highest BCUT2D eigenvalue weighted by molar-refractivity contribution is 6.34. The Bertz CT molecular complexity index is 1940. The number of halogens is 1. The molecule has 1 fully saturated rings. The molecular weight excluding hydrogens is 616 g/mol. The molecule has 4 aromatic rings. The lowest BCUT2D eigenvalue weighted by molar-refractivity contribution is 0.0612. The second-order valence-electron chi connectivity index (χ2n) is 11.9. The maximum atomic E-state index is 13.7. The average molecular weight is 653 g/mol. The summed E-state index contributed by atoms with van der Waals surface area (Å²) in [5.74, 6) is 0.749. The van der Waals surface area contributed by atoms with Crippen molar-refractivity contribution in [2.75, 3.05) is 32.2 Å². The first-order valence-electron chi connectivity index (χ1n) is 15.5. The van der Waals surface area contributed by atoms with Gasteiger partial charge >= 0.3 is 0 Å².